The van der Waals surface area contributed by atoms with Crippen LogP contribution in [0.5, 0.6) is 0 Å². The van der Waals surface area contributed by atoms with Gasteiger partial charge in [0, 0.05) is 20.1 Å². The fourth-order valence-corrected chi connectivity index (χ4v) is 1.84. The van der Waals surface area contributed by atoms with Crippen molar-refractivity contribution in [2.75, 3.05) is 14.1 Å². The summed E-state index contributed by atoms with van der Waals surface area (Å²) in [6.45, 7) is 9.82. The van der Waals surface area contributed by atoms with E-state index in [1.807, 2.05) is 19.1 Å². The summed E-state index contributed by atoms with van der Waals surface area (Å²) in [4.78, 5) is 13.8. The summed E-state index contributed by atoms with van der Waals surface area (Å²) in [6.07, 6.45) is 9.56. The molecule has 0 heterocycles. The number of hydrogen-bond donors (Lipinski definition) is 1. The molecule has 3 heteroatoms. The third-order valence-electron chi connectivity index (χ3n) is 2.64. The summed E-state index contributed by atoms with van der Waals surface area (Å²) < 4.78 is 0. The number of likely N-dealkylation sites (N-methyl/N-ethyl adjacent to an activating group) is 1. The average molecular weight is 264 g/mol. The monoisotopic (exact) mass is 264 g/mol. The molecule has 1 unspecified atom stereocenters. The first-order valence-electron chi connectivity index (χ1n) is 6.82. The Labute approximate surface area is 118 Å². The maximum atomic E-state index is 12.2. The van der Waals surface area contributed by atoms with Gasteiger partial charge in [0.2, 0.25) is 5.91 Å². The van der Waals surface area contributed by atoms with Crippen LogP contribution in [0.1, 0.15) is 33.6 Å². The largest absolute Gasteiger partial charge is 0.347 e. The molecule has 0 saturated heterocycles. The molecule has 1 amide bonds. The normalized spacial score (nSPS) is 13.9. The predicted octanol–water partition coefficient (Wildman–Crippen LogP) is 2.91. The average Bonchev–Trinajstić information content (AvgIpc) is 2.33. The number of amides is 1. The Morgan fingerprint density at radius 3 is 2.42 bits per heavy atom. The van der Waals surface area contributed by atoms with Crippen LogP contribution >= 0.6 is 0 Å². The van der Waals surface area contributed by atoms with E-state index < -0.39 is 0 Å². The number of allylic oxidation sites excluding steroid dienone is 4. The van der Waals surface area contributed by atoms with Gasteiger partial charge in [0.05, 0.1) is 6.04 Å². The Hall–Kier alpha value is -1.35. The lowest BCUT2D eigenvalue weighted by Gasteiger charge is -2.24. The first-order chi connectivity index (χ1) is 8.92. The van der Waals surface area contributed by atoms with Crippen molar-refractivity contribution < 1.29 is 4.79 Å². The van der Waals surface area contributed by atoms with E-state index in [2.05, 4.69) is 37.9 Å². The van der Waals surface area contributed by atoms with Crippen molar-refractivity contribution in [1.29, 1.82) is 0 Å². The van der Waals surface area contributed by atoms with Crippen LogP contribution in [0, 0.1) is 0 Å². The van der Waals surface area contributed by atoms with Crippen molar-refractivity contribution in [2.24, 2.45) is 0 Å². The second kappa shape index (κ2) is 9.56. The molecule has 3 nitrogen and oxygen atoms in total. The second-order valence-electron chi connectivity index (χ2n) is 5.11. The van der Waals surface area contributed by atoms with Gasteiger partial charge in [0.15, 0.2) is 0 Å². The van der Waals surface area contributed by atoms with Gasteiger partial charge in [-0.3, -0.25) is 4.79 Å². The molecule has 1 N–H and O–H groups in total. The lowest BCUT2D eigenvalue weighted by molar-refractivity contribution is -0.131. The lowest BCUT2D eigenvalue weighted by atomic mass is 10.0. The molecule has 0 aliphatic carbocycles. The van der Waals surface area contributed by atoms with Crippen molar-refractivity contribution in [3.8, 4) is 0 Å². The van der Waals surface area contributed by atoms with Gasteiger partial charge in [-0.05, 0) is 25.3 Å². The van der Waals surface area contributed by atoms with Crippen LogP contribution in [0.4, 0.5) is 0 Å². The third kappa shape index (κ3) is 7.62. The molecule has 0 aliphatic rings. The molecule has 0 aromatic rings. The first kappa shape index (κ1) is 17.6. The van der Waals surface area contributed by atoms with E-state index in [-0.39, 0.29) is 18.0 Å². The molecule has 0 rings (SSSR count). The van der Waals surface area contributed by atoms with E-state index >= 15 is 0 Å². The van der Waals surface area contributed by atoms with Gasteiger partial charge in [0.1, 0.15) is 0 Å². The Kier molecular flexibility index (Phi) is 8.88. The highest BCUT2D eigenvalue weighted by Crippen LogP contribution is 2.11. The van der Waals surface area contributed by atoms with Crippen LogP contribution in [0.3, 0.4) is 0 Å². The van der Waals surface area contributed by atoms with E-state index in [9.17, 15) is 4.79 Å². The Morgan fingerprint density at radius 1 is 1.37 bits per heavy atom. The van der Waals surface area contributed by atoms with Crippen molar-refractivity contribution in [3.05, 3.63) is 36.5 Å². The zero-order valence-corrected chi connectivity index (χ0v) is 12.9. The zero-order chi connectivity index (χ0) is 14.8. The standard InChI is InChI=1S/C16H28N2O/c1-7-9-11-14(10-8-2)12-15(17-13(3)4)16(19)18(5)6/h7-8,10-11,13,15,17H,1,9,12H2,2-6H3/b10-8-,14-11+. The van der Waals surface area contributed by atoms with Gasteiger partial charge in [-0.2, -0.15) is 0 Å². The quantitative estimate of drug-likeness (QED) is 0.540. The second-order valence-corrected chi connectivity index (χ2v) is 5.11. The number of carbonyl (C=O) groups excluding carboxylic acids is 1. The molecule has 0 aromatic carbocycles. The van der Waals surface area contributed by atoms with Gasteiger partial charge < -0.3 is 10.2 Å². The number of carbonyl (C=O) groups is 1. The van der Waals surface area contributed by atoms with E-state index in [1.54, 1.807) is 19.0 Å². The van der Waals surface area contributed by atoms with E-state index in [0.29, 0.717) is 6.42 Å². The van der Waals surface area contributed by atoms with E-state index in [4.69, 9.17) is 0 Å². The predicted molar refractivity (Wildman–Crippen MR) is 83.1 cm³/mol. The molecule has 0 radical (unpaired) electrons. The van der Waals surface area contributed by atoms with Crippen LogP contribution in [0.2, 0.25) is 0 Å². The minimum Gasteiger partial charge on any atom is -0.347 e. The minimum absolute atomic E-state index is 0.114. The maximum absolute atomic E-state index is 12.2. The van der Waals surface area contributed by atoms with Gasteiger partial charge in [-0.15, -0.1) is 6.58 Å². The summed E-state index contributed by atoms with van der Waals surface area (Å²) >= 11 is 0. The highest BCUT2D eigenvalue weighted by molar-refractivity contribution is 5.81. The molecule has 0 fully saturated rings. The molecule has 19 heavy (non-hydrogen) atoms. The molecular weight excluding hydrogens is 236 g/mol. The van der Waals surface area contributed by atoms with Crippen LogP contribution in [-0.2, 0) is 4.79 Å². The van der Waals surface area contributed by atoms with Crippen molar-refractivity contribution in [2.45, 2.75) is 45.7 Å². The molecule has 1 atom stereocenters. The summed E-state index contributed by atoms with van der Waals surface area (Å²) in [5.41, 5.74) is 1.16. The number of hydrogen-bond acceptors (Lipinski definition) is 2. The summed E-state index contributed by atoms with van der Waals surface area (Å²) in [6, 6.07) is 0.0995. The molecular formula is C16H28N2O. The van der Waals surface area contributed by atoms with Gasteiger partial charge in [0.25, 0.3) is 0 Å². The minimum atomic E-state index is -0.178. The van der Waals surface area contributed by atoms with Crippen LogP contribution in [-0.4, -0.2) is 37.0 Å². The molecule has 0 aromatic heterocycles. The fraction of sp³-hybridized carbons (Fsp3) is 0.562. The Morgan fingerprint density at radius 2 is 2.00 bits per heavy atom. The summed E-state index contributed by atoms with van der Waals surface area (Å²) in [7, 11) is 3.58. The molecule has 0 saturated carbocycles. The molecule has 0 spiro atoms. The number of rotatable bonds is 8. The van der Waals surface area contributed by atoms with Crippen LogP contribution < -0.4 is 5.32 Å². The molecule has 108 valence electrons. The van der Waals surface area contributed by atoms with Crippen molar-refractivity contribution in [3.63, 3.8) is 0 Å². The summed E-state index contributed by atoms with van der Waals surface area (Å²) in [5, 5.41) is 3.33. The van der Waals surface area contributed by atoms with Gasteiger partial charge >= 0.3 is 0 Å². The number of nitrogens with zero attached hydrogens (tertiary/aromatic N) is 1. The molecule has 0 aliphatic heterocycles. The Bertz CT molecular complexity index is 341. The van der Waals surface area contributed by atoms with Crippen molar-refractivity contribution >= 4 is 5.91 Å². The maximum Gasteiger partial charge on any atom is 0.239 e. The third-order valence-corrected chi connectivity index (χ3v) is 2.64. The zero-order valence-electron chi connectivity index (χ0n) is 12.9. The SMILES string of the molecule is C=CC/C=C(\C=C/C)CC(NC(C)C)C(=O)N(C)C. The highest BCUT2D eigenvalue weighted by atomic mass is 16.2. The fourth-order valence-electron chi connectivity index (χ4n) is 1.84. The first-order valence-corrected chi connectivity index (χ1v) is 6.82. The smallest absolute Gasteiger partial charge is 0.239 e. The van der Waals surface area contributed by atoms with Gasteiger partial charge in [-0.1, -0.05) is 38.2 Å². The van der Waals surface area contributed by atoms with E-state index in [0.717, 1.165) is 12.0 Å². The molecule has 0 bridgehead atoms. The van der Waals surface area contributed by atoms with Gasteiger partial charge in [-0.25, -0.2) is 0 Å². The summed E-state index contributed by atoms with van der Waals surface area (Å²) in [5.74, 6) is 0.114. The lowest BCUT2D eigenvalue weighted by Crippen LogP contribution is -2.46. The van der Waals surface area contributed by atoms with E-state index in [1.165, 1.54) is 0 Å². The highest BCUT2D eigenvalue weighted by Gasteiger charge is 2.21. The van der Waals surface area contributed by atoms with Crippen LogP contribution in [0.15, 0.2) is 36.5 Å². The Balaban J connectivity index is 4.94. The topological polar surface area (TPSA) is 32.3 Å². The number of nitrogens with one attached hydrogen (secondary N) is 1. The van der Waals surface area contributed by atoms with Crippen LogP contribution in [0.25, 0.3) is 0 Å². The van der Waals surface area contributed by atoms with Crippen molar-refractivity contribution in [1.82, 2.24) is 10.2 Å².